The number of allylic oxidation sites excluding steroid dienone is 7. The van der Waals surface area contributed by atoms with E-state index in [4.69, 9.17) is 0 Å². The summed E-state index contributed by atoms with van der Waals surface area (Å²) >= 11 is 0. The van der Waals surface area contributed by atoms with Gasteiger partial charge in [-0.15, -0.1) is 0 Å². The second-order valence-electron chi connectivity index (χ2n) is 4.20. The van der Waals surface area contributed by atoms with Crippen molar-refractivity contribution in [3.8, 4) is 0 Å². The van der Waals surface area contributed by atoms with Gasteiger partial charge in [0.25, 0.3) is 0 Å². The molecule has 4 aliphatic rings. The first-order valence-corrected chi connectivity index (χ1v) is 6.57. The standard InChI is InChI=1S/C13H8N2OS/c16-17-8-4-9-11-13(6-7-14-11)5-2-1-3-10(13)15-12(9)17/h1-8H. The van der Waals surface area contributed by atoms with Crippen LogP contribution >= 0.6 is 0 Å². The van der Waals surface area contributed by atoms with Gasteiger partial charge in [0.1, 0.15) is 5.03 Å². The molecule has 17 heavy (non-hydrogen) atoms. The molecule has 0 amide bonds. The van der Waals surface area contributed by atoms with Gasteiger partial charge in [-0.1, -0.05) is 18.2 Å². The molecule has 2 atom stereocenters. The highest BCUT2D eigenvalue weighted by Crippen LogP contribution is 2.43. The van der Waals surface area contributed by atoms with Crippen molar-refractivity contribution < 1.29 is 4.21 Å². The molecule has 82 valence electrons. The number of hydrogen-bond donors (Lipinski definition) is 0. The average molecular weight is 240 g/mol. The van der Waals surface area contributed by atoms with Crippen LogP contribution in [0.5, 0.6) is 0 Å². The average Bonchev–Trinajstić information content (AvgIpc) is 2.91. The lowest BCUT2D eigenvalue weighted by Gasteiger charge is -2.31. The summed E-state index contributed by atoms with van der Waals surface area (Å²) in [5.41, 5.74) is 2.44. The van der Waals surface area contributed by atoms with Crippen molar-refractivity contribution in [2.75, 3.05) is 0 Å². The fourth-order valence-electron chi connectivity index (χ4n) is 2.52. The smallest absolute Gasteiger partial charge is 0.141 e. The molecule has 3 heterocycles. The van der Waals surface area contributed by atoms with Crippen molar-refractivity contribution in [2.24, 2.45) is 15.4 Å². The normalized spacial score (nSPS) is 35.6. The summed E-state index contributed by atoms with van der Waals surface area (Å²) in [6, 6.07) is 0. The molecule has 1 spiro atoms. The Labute approximate surface area is 101 Å². The van der Waals surface area contributed by atoms with Gasteiger partial charge in [-0.25, -0.2) is 9.20 Å². The van der Waals surface area contributed by atoms with E-state index in [1.165, 1.54) is 0 Å². The first-order chi connectivity index (χ1) is 8.31. The Morgan fingerprint density at radius 1 is 1.18 bits per heavy atom. The first-order valence-electron chi connectivity index (χ1n) is 5.36. The number of aliphatic imine (C=N–C) groups is 2. The third kappa shape index (κ3) is 0.988. The molecule has 2 unspecified atom stereocenters. The Balaban J connectivity index is 2.05. The molecule has 0 bridgehead atoms. The number of rotatable bonds is 0. The molecule has 1 aliphatic carbocycles. The van der Waals surface area contributed by atoms with Crippen molar-refractivity contribution in [3.63, 3.8) is 0 Å². The Bertz CT molecular complexity index is 670. The van der Waals surface area contributed by atoms with Crippen molar-refractivity contribution in [3.05, 3.63) is 58.7 Å². The van der Waals surface area contributed by atoms with Crippen LogP contribution in [0, 0.1) is 5.41 Å². The van der Waals surface area contributed by atoms with Crippen LogP contribution < -0.4 is 0 Å². The molecule has 0 fully saturated rings. The summed E-state index contributed by atoms with van der Waals surface area (Å²) < 4.78 is 11.8. The van der Waals surface area contributed by atoms with Gasteiger partial charge in [-0.2, -0.15) is 0 Å². The zero-order valence-corrected chi connectivity index (χ0v) is 9.65. The largest absolute Gasteiger partial charge is 0.259 e. The maximum Gasteiger partial charge on any atom is 0.141 e. The number of hydrogen-bond acceptors (Lipinski definition) is 3. The van der Waals surface area contributed by atoms with Crippen LogP contribution in [-0.4, -0.2) is 15.6 Å². The van der Waals surface area contributed by atoms with Crippen LogP contribution in [0.25, 0.3) is 0 Å². The summed E-state index contributed by atoms with van der Waals surface area (Å²) in [5, 5.41) is 2.31. The van der Waals surface area contributed by atoms with Crippen LogP contribution in [0.2, 0.25) is 0 Å². The molecular formula is C13H8N2OS. The lowest BCUT2D eigenvalue weighted by molar-refractivity contribution is 0.691. The molecule has 0 aromatic carbocycles. The predicted octanol–water partition coefficient (Wildman–Crippen LogP) is 2.01. The van der Waals surface area contributed by atoms with E-state index in [1.54, 1.807) is 11.6 Å². The third-order valence-corrected chi connectivity index (χ3v) is 4.41. The molecule has 0 radical (unpaired) electrons. The minimum atomic E-state index is -1.12. The van der Waals surface area contributed by atoms with Crippen molar-refractivity contribution in [2.45, 2.75) is 0 Å². The molecule has 0 saturated carbocycles. The molecule has 0 aromatic heterocycles. The van der Waals surface area contributed by atoms with Crippen molar-refractivity contribution >= 4 is 22.2 Å². The fourth-order valence-corrected chi connectivity index (χ4v) is 3.48. The quantitative estimate of drug-likeness (QED) is 0.638. The van der Waals surface area contributed by atoms with Crippen molar-refractivity contribution in [1.29, 1.82) is 0 Å². The SMILES string of the molecule is O=S1C=CC2=C1N=C1C=CC=CC13C=CN=C23. The van der Waals surface area contributed by atoms with Crippen LogP contribution in [0.3, 0.4) is 0 Å². The van der Waals surface area contributed by atoms with E-state index in [0.717, 1.165) is 17.0 Å². The molecule has 0 N–H and O–H groups in total. The zero-order chi connectivity index (χ0) is 11.5. The first kappa shape index (κ1) is 9.24. The Kier molecular flexibility index (Phi) is 1.58. The van der Waals surface area contributed by atoms with Crippen LogP contribution in [0.1, 0.15) is 0 Å². The van der Waals surface area contributed by atoms with Crippen LogP contribution in [0.15, 0.2) is 68.7 Å². The summed E-state index contributed by atoms with van der Waals surface area (Å²) in [4.78, 5) is 8.98. The molecule has 0 aromatic rings. The Morgan fingerprint density at radius 3 is 3.06 bits per heavy atom. The molecule has 0 saturated heterocycles. The van der Waals surface area contributed by atoms with E-state index in [0.29, 0.717) is 5.03 Å². The van der Waals surface area contributed by atoms with Gasteiger partial charge >= 0.3 is 0 Å². The van der Waals surface area contributed by atoms with Gasteiger partial charge in [0.05, 0.1) is 27.6 Å². The summed E-state index contributed by atoms with van der Waals surface area (Å²) in [5.74, 6) is 0. The molecule has 3 nitrogen and oxygen atoms in total. The molecule has 4 heteroatoms. The second-order valence-corrected chi connectivity index (χ2v) is 5.45. The van der Waals surface area contributed by atoms with Gasteiger partial charge in [0.15, 0.2) is 0 Å². The van der Waals surface area contributed by atoms with Gasteiger partial charge in [-0.3, -0.25) is 4.99 Å². The number of nitrogens with zero attached hydrogens (tertiary/aromatic N) is 2. The van der Waals surface area contributed by atoms with Crippen LogP contribution in [-0.2, 0) is 10.8 Å². The summed E-state index contributed by atoms with van der Waals surface area (Å²) in [6.45, 7) is 0. The van der Waals surface area contributed by atoms with E-state index >= 15 is 0 Å². The summed E-state index contributed by atoms with van der Waals surface area (Å²) in [6.07, 6.45) is 13.7. The number of fused-ring (bicyclic) bond motifs is 1. The maximum absolute atomic E-state index is 11.8. The molecule has 3 aliphatic heterocycles. The van der Waals surface area contributed by atoms with E-state index in [9.17, 15) is 4.21 Å². The van der Waals surface area contributed by atoms with Gasteiger partial charge in [0, 0.05) is 17.2 Å². The van der Waals surface area contributed by atoms with E-state index < -0.39 is 10.8 Å². The Morgan fingerprint density at radius 2 is 2.12 bits per heavy atom. The monoisotopic (exact) mass is 240 g/mol. The minimum absolute atomic E-state index is 0.327. The van der Waals surface area contributed by atoms with Gasteiger partial charge in [0.2, 0.25) is 0 Å². The zero-order valence-electron chi connectivity index (χ0n) is 8.83. The van der Waals surface area contributed by atoms with E-state index in [1.807, 2.05) is 30.4 Å². The topological polar surface area (TPSA) is 41.8 Å². The highest BCUT2D eigenvalue weighted by atomic mass is 32.2. The lowest BCUT2D eigenvalue weighted by atomic mass is 9.73. The highest BCUT2D eigenvalue weighted by Gasteiger charge is 2.45. The maximum atomic E-state index is 11.8. The highest BCUT2D eigenvalue weighted by molar-refractivity contribution is 7.92. The van der Waals surface area contributed by atoms with E-state index in [2.05, 4.69) is 16.1 Å². The fraction of sp³-hybridized carbons (Fsp3) is 0.0769. The molecular weight excluding hydrogens is 232 g/mol. The second kappa shape index (κ2) is 2.90. The lowest BCUT2D eigenvalue weighted by Crippen LogP contribution is -2.37. The summed E-state index contributed by atoms with van der Waals surface area (Å²) in [7, 11) is -1.12. The third-order valence-electron chi connectivity index (χ3n) is 3.34. The van der Waals surface area contributed by atoms with Crippen LogP contribution in [0.4, 0.5) is 0 Å². The Hall–Kier alpha value is -1.81. The minimum Gasteiger partial charge on any atom is -0.259 e. The van der Waals surface area contributed by atoms with Gasteiger partial charge < -0.3 is 0 Å². The van der Waals surface area contributed by atoms with Crippen molar-refractivity contribution in [1.82, 2.24) is 0 Å². The molecule has 4 rings (SSSR count). The van der Waals surface area contributed by atoms with Gasteiger partial charge in [-0.05, 0) is 18.2 Å². The predicted molar refractivity (Wildman–Crippen MR) is 69.0 cm³/mol. The van der Waals surface area contributed by atoms with E-state index in [-0.39, 0.29) is 5.41 Å².